The number of benzene rings is 1. The fraction of sp³-hybridized carbons (Fsp3) is 0.476. The molecule has 1 aromatic carbocycles. The Morgan fingerprint density at radius 3 is 2.33 bits per heavy atom. The third-order valence-electron chi connectivity index (χ3n) is 5.57. The van der Waals surface area contributed by atoms with Crippen LogP contribution in [0.4, 0.5) is 26.7 Å². The first-order valence-electron chi connectivity index (χ1n) is 10.1. The van der Waals surface area contributed by atoms with Gasteiger partial charge < -0.3 is 15.4 Å². The Labute approximate surface area is 186 Å². The number of nitrogens with zero attached hydrogens (tertiary/aromatic N) is 2. The van der Waals surface area contributed by atoms with Crippen molar-refractivity contribution in [1.29, 1.82) is 0 Å². The van der Waals surface area contributed by atoms with Crippen molar-refractivity contribution in [3.05, 3.63) is 41.6 Å². The minimum Gasteiger partial charge on any atom is -0.453 e. The molecule has 0 radical (unpaired) electrons. The molecule has 1 aliphatic carbocycles. The van der Waals surface area contributed by atoms with Crippen molar-refractivity contribution in [2.75, 3.05) is 7.11 Å². The predicted molar refractivity (Wildman–Crippen MR) is 107 cm³/mol. The molecule has 0 unspecified atom stereocenters. The van der Waals surface area contributed by atoms with Crippen molar-refractivity contribution >= 4 is 12.0 Å². The standard InChI is InChI=1S/C21H23F5N4O3/c1-20(2,21(24,25)26)17(28-19(32)33-3)18(31)27-10-13-14(22)8-11(9-15(13)23)16-6-7-30(29-16)12-4-5-12/h6-9,12,17H,4-5,10H2,1-3H3,(H,27,31)(H,28,32)/t17-/m1/s1. The van der Waals surface area contributed by atoms with Crippen molar-refractivity contribution in [3.63, 3.8) is 0 Å². The number of halogens is 5. The number of hydrogen-bond donors (Lipinski definition) is 2. The van der Waals surface area contributed by atoms with E-state index in [4.69, 9.17) is 0 Å². The maximum absolute atomic E-state index is 14.6. The molecule has 0 saturated heterocycles. The Bertz CT molecular complexity index is 1020. The summed E-state index contributed by atoms with van der Waals surface area (Å²) in [5.41, 5.74) is -2.70. The Balaban J connectivity index is 1.77. The van der Waals surface area contributed by atoms with Crippen LogP contribution in [0.15, 0.2) is 24.4 Å². The second-order valence-corrected chi connectivity index (χ2v) is 8.34. The van der Waals surface area contributed by atoms with Gasteiger partial charge in [-0.2, -0.15) is 18.3 Å². The van der Waals surface area contributed by atoms with Gasteiger partial charge in [0.2, 0.25) is 5.91 Å². The van der Waals surface area contributed by atoms with Gasteiger partial charge in [-0.15, -0.1) is 0 Å². The molecular formula is C21H23F5N4O3. The molecule has 0 bridgehead atoms. The highest BCUT2D eigenvalue weighted by atomic mass is 19.4. The number of hydrogen-bond acceptors (Lipinski definition) is 4. The van der Waals surface area contributed by atoms with E-state index in [1.54, 1.807) is 16.9 Å². The molecule has 1 aromatic heterocycles. The zero-order valence-corrected chi connectivity index (χ0v) is 18.1. The average Bonchev–Trinajstić information content (AvgIpc) is 3.46. The molecule has 1 fully saturated rings. The first kappa shape index (κ1) is 24.5. The molecule has 1 aliphatic rings. The van der Waals surface area contributed by atoms with Crippen LogP contribution in [0, 0.1) is 17.0 Å². The largest absolute Gasteiger partial charge is 0.453 e. The second kappa shape index (κ2) is 8.99. The van der Waals surface area contributed by atoms with Crippen LogP contribution in [0.2, 0.25) is 0 Å². The van der Waals surface area contributed by atoms with Crippen LogP contribution in [0.1, 0.15) is 38.3 Å². The summed E-state index contributed by atoms with van der Waals surface area (Å²) in [6.07, 6.45) is -2.45. The van der Waals surface area contributed by atoms with Crippen LogP contribution in [0.5, 0.6) is 0 Å². The smallest absolute Gasteiger partial charge is 0.407 e. The van der Waals surface area contributed by atoms with Gasteiger partial charge in [0.25, 0.3) is 0 Å². The number of ether oxygens (including phenoxy) is 1. The lowest BCUT2D eigenvalue weighted by atomic mass is 9.83. The summed E-state index contributed by atoms with van der Waals surface area (Å²) in [5.74, 6) is -3.29. The molecule has 33 heavy (non-hydrogen) atoms. The van der Waals surface area contributed by atoms with Crippen molar-refractivity contribution in [2.24, 2.45) is 5.41 Å². The average molecular weight is 474 g/mol. The van der Waals surface area contributed by atoms with Gasteiger partial charge >= 0.3 is 12.3 Å². The molecule has 1 heterocycles. The topological polar surface area (TPSA) is 85.2 Å². The van der Waals surface area contributed by atoms with Crippen LogP contribution in [-0.2, 0) is 16.1 Å². The lowest BCUT2D eigenvalue weighted by Gasteiger charge is -2.35. The summed E-state index contributed by atoms with van der Waals surface area (Å²) in [4.78, 5) is 24.0. The number of amides is 2. The highest BCUT2D eigenvalue weighted by Crippen LogP contribution is 2.40. The monoisotopic (exact) mass is 474 g/mol. The van der Waals surface area contributed by atoms with E-state index in [-0.39, 0.29) is 11.6 Å². The summed E-state index contributed by atoms with van der Waals surface area (Å²) >= 11 is 0. The number of nitrogens with one attached hydrogen (secondary N) is 2. The number of alkyl carbamates (subject to hydrolysis) is 1. The van der Waals surface area contributed by atoms with Gasteiger partial charge in [0.1, 0.15) is 17.7 Å². The summed E-state index contributed by atoms with van der Waals surface area (Å²) in [5, 5.41) is 8.19. The first-order valence-corrected chi connectivity index (χ1v) is 10.1. The van der Waals surface area contributed by atoms with Crippen molar-refractivity contribution < 1.29 is 36.3 Å². The zero-order valence-electron chi connectivity index (χ0n) is 18.1. The molecule has 0 aliphatic heterocycles. The van der Waals surface area contributed by atoms with Crippen LogP contribution < -0.4 is 10.6 Å². The minimum absolute atomic E-state index is 0.183. The number of carbonyl (C=O) groups excluding carboxylic acids is 2. The van der Waals surface area contributed by atoms with E-state index in [0.29, 0.717) is 19.5 Å². The van der Waals surface area contributed by atoms with E-state index in [1.807, 2.05) is 5.32 Å². The van der Waals surface area contributed by atoms with Gasteiger partial charge in [0.05, 0.1) is 24.3 Å². The summed E-state index contributed by atoms with van der Waals surface area (Å²) in [6.45, 7) is 0.689. The van der Waals surface area contributed by atoms with Gasteiger partial charge in [0, 0.05) is 23.9 Å². The molecule has 12 heteroatoms. The summed E-state index contributed by atoms with van der Waals surface area (Å²) in [6, 6.07) is 1.87. The molecule has 2 amide bonds. The molecule has 0 spiro atoms. The Kier molecular flexibility index (Phi) is 6.66. The normalized spacial score (nSPS) is 15.2. The van der Waals surface area contributed by atoms with Crippen LogP contribution in [0.3, 0.4) is 0 Å². The zero-order chi connectivity index (χ0) is 24.6. The Morgan fingerprint density at radius 2 is 1.82 bits per heavy atom. The highest BCUT2D eigenvalue weighted by Gasteiger charge is 2.55. The van der Waals surface area contributed by atoms with Crippen LogP contribution >= 0.6 is 0 Å². The fourth-order valence-electron chi connectivity index (χ4n) is 3.15. The van der Waals surface area contributed by atoms with Crippen molar-refractivity contribution in [3.8, 4) is 11.3 Å². The molecule has 1 atom stereocenters. The number of alkyl halides is 3. The first-order chi connectivity index (χ1) is 15.3. The Hall–Kier alpha value is -3.18. The van der Waals surface area contributed by atoms with Crippen molar-refractivity contribution in [1.82, 2.24) is 20.4 Å². The molecule has 2 aromatic rings. The van der Waals surface area contributed by atoms with Gasteiger partial charge in [-0.25, -0.2) is 13.6 Å². The number of methoxy groups -OCH3 is 1. The van der Waals surface area contributed by atoms with Crippen LogP contribution in [-0.4, -0.2) is 41.1 Å². The molecule has 1 saturated carbocycles. The van der Waals surface area contributed by atoms with Gasteiger partial charge in [-0.1, -0.05) is 0 Å². The lowest BCUT2D eigenvalue weighted by Crippen LogP contribution is -2.59. The maximum atomic E-state index is 14.6. The third-order valence-corrected chi connectivity index (χ3v) is 5.57. The van der Waals surface area contributed by atoms with E-state index in [2.05, 4.69) is 15.2 Å². The lowest BCUT2D eigenvalue weighted by molar-refractivity contribution is -0.220. The highest BCUT2D eigenvalue weighted by molar-refractivity contribution is 5.86. The number of aromatic nitrogens is 2. The van der Waals surface area contributed by atoms with E-state index in [0.717, 1.165) is 32.1 Å². The number of rotatable bonds is 7. The van der Waals surface area contributed by atoms with E-state index < -0.39 is 53.4 Å². The predicted octanol–water partition coefficient (Wildman–Crippen LogP) is 4.09. The van der Waals surface area contributed by atoms with Crippen LogP contribution in [0.25, 0.3) is 11.3 Å². The Morgan fingerprint density at radius 1 is 1.21 bits per heavy atom. The minimum atomic E-state index is -4.88. The van der Waals surface area contributed by atoms with E-state index in [1.165, 1.54) is 0 Å². The molecule has 2 N–H and O–H groups in total. The number of carbonyl (C=O) groups is 2. The molecular weight excluding hydrogens is 451 g/mol. The van der Waals surface area contributed by atoms with Gasteiger partial charge in [0.15, 0.2) is 0 Å². The molecule has 3 rings (SSSR count). The van der Waals surface area contributed by atoms with E-state index >= 15 is 0 Å². The van der Waals surface area contributed by atoms with Gasteiger partial charge in [-0.05, 0) is 44.9 Å². The SMILES string of the molecule is COC(=O)N[C@H](C(=O)NCc1c(F)cc(-c2ccn(C3CC3)n2)cc1F)C(C)(C)C(F)(F)F. The molecule has 7 nitrogen and oxygen atoms in total. The quantitative estimate of drug-likeness (QED) is 0.592. The van der Waals surface area contributed by atoms with E-state index in [9.17, 15) is 31.5 Å². The third kappa shape index (κ3) is 5.25. The summed E-state index contributed by atoms with van der Waals surface area (Å²) in [7, 11) is 0.922. The van der Waals surface area contributed by atoms with Crippen molar-refractivity contribution in [2.45, 2.75) is 51.5 Å². The summed E-state index contributed by atoms with van der Waals surface area (Å²) < 4.78 is 75.6. The second-order valence-electron chi connectivity index (χ2n) is 8.34. The fourth-order valence-corrected chi connectivity index (χ4v) is 3.15. The van der Waals surface area contributed by atoms with Gasteiger partial charge in [-0.3, -0.25) is 9.48 Å². The maximum Gasteiger partial charge on any atom is 0.407 e. The molecule has 180 valence electrons.